The fraction of sp³-hybridized carbons (Fsp3) is 0.0625. The fourth-order valence-electron chi connectivity index (χ4n) is 2.14. The number of rotatable bonds is 2. The highest BCUT2D eigenvalue weighted by Crippen LogP contribution is 2.29. The topological polar surface area (TPSA) is 33.1 Å². The molecule has 0 amide bonds. The fourth-order valence-corrected chi connectivity index (χ4v) is 2.45. The van der Waals surface area contributed by atoms with Crippen molar-refractivity contribution in [3.63, 3.8) is 0 Å². The second kappa shape index (κ2) is 5.41. The van der Waals surface area contributed by atoms with E-state index >= 15 is 0 Å². The van der Waals surface area contributed by atoms with Crippen LogP contribution in [0.25, 0.3) is 10.9 Å². The maximum Gasteiger partial charge on any atom is 0.104 e. The Morgan fingerprint density at radius 3 is 2.45 bits per heavy atom. The summed E-state index contributed by atoms with van der Waals surface area (Å²) in [4.78, 5) is 4.26. The Kier molecular flexibility index (Phi) is 3.62. The largest absolute Gasteiger partial charge is 0.384 e. The van der Waals surface area contributed by atoms with E-state index in [-0.39, 0.29) is 0 Å². The molecule has 1 unspecified atom stereocenters. The molecule has 0 fully saturated rings. The number of aliphatic hydroxyl groups excluding tert-OH is 1. The number of fused-ring (bicyclic) bond motifs is 1. The lowest BCUT2D eigenvalue weighted by Gasteiger charge is -2.13. The lowest BCUT2D eigenvalue weighted by molar-refractivity contribution is 0.220. The van der Waals surface area contributed by atoms with Gasteiger partial charge in [0.25, 0.3) is 0 Å². The zero-order chi connectivity index (χ0) is 14.1. The predicted octanol–water partition coefficient (Wildman–Crippen LogP) is 4.62. The minimum Gasteiger partial charge on any atom is -0.384 e. The molecule has 1 heterocycles. The molecule has 1 N–H and O–H groups in total. The summed E-state index contributed by atoms with van der Waals surface area (Å²) in [5, 5.41) is 12.3. The maximum absolute atomic E-state index is 10.4. The van der Waals surface area contributed by atoms with Crippen molar-refractivity contribution in [1.29, 1.82) is 0 Å². The number of aromatic nitrogens is 1. The van der Waals surface area contributed by atoms with Gasteiger partial charge in [0.1, 0.15) is 6.10 Å². The van der Waals surface area contributed by atoms with E-state index in [0.29, 0.717) is 15.6 Å². The van der Waals surface area contributed by atoms with Gasteiger partial charge in [0, 0.05) is 11.6 Å². The molecule has 2 aromatic carbocycles. The minimum absolute atomic E-state index is 0.436. The second-order valence-electron chi connectivity index (χ2n) is 4.53. The highest BCUT2D eigenvalue weighted by atomic mass is 35.5. The van der Waals surface area contributed by atoms with Gasteiger partial charge in [-0.1, -0.05) is 41.4 Å². The molecule has 4 heteroatoms. The standard InChI is InChI=1S/C16H11Cl2NO/c17-13-5-3-12(9-14(13)18)16(20)11-4-6-15-10(8-11)2-1-7-19-15/h1-9,16,20H. The van der Waals surface area contributed by atoms with Crippen LogP contribution in [0.1, 0.15) is 17.2 Å². The van der Waals surface area contributed by atoms with Crippen LogP contribution in [0.4, 0.5) is 0 Å². The monoisotopic (exact) mass is 303 g/mol. The third-order valence-electron chi connectivity index (χ3n) is 3.20. The molecular weight excluding hydrogens is 293 g/mol. The molecule has 3 aromatic rings. The third-order valence-corrected chi connectivity index (χ3v) is 3.94. The Morgan fingerprint density at radius 2 is 1.65 bits per heavy atom. The first kappa shape index (κ1) is 13.4. The molecule has 0 bridgehead atoms. The molecule has 0 spiro atoms. The van der Waals surface area contributed by atoms with Crippen LogP contribution in [0.15, 0.2) is 54.7 Å². The summed E-state index contributed by atoms with van der Waals surface area (Å²) >= 11 is 11.9. The number of nitrogens with zero attached hydrogens (tertiary/aromatic N) is 1. The van der Waals surface area contributed by atoms with Gasteiger partial charge in [0.2, 0.25) is 0 Å². The number of aliphatic hydroxyl groups is 1. The van der Waals surface area contributed by atoms with Crippen molar-refractivity contribution in [2.24, 2.45) is 0 Å². The molecular formula is C16H11Cl2NO. The van der Waals surface area contributed by atoms with Crippen molar-refractivity contribution in [1.82, 2.24) is 4.98 Å². The van der Waals surface area contributed by atoms with E-state index in [9.17, 15) is 5.11 Å². The van der Waals surface area contributed by atoms with Crippen LogP contribution in [0.3, 0.4) is 0 Å². The second-order valence-corrected chi connectivity index (χ2v) is 5.35. The van der Waals surface area contributed by atoms with E-state index in [4.69, 9.17) is 23.2 Å². The van der Waals surface area contributed by atoms with Crippen LogP contribution in [-0.4, -0.2) is 10.1 Å². The first-order valence-electron chi connectivity index (χ1n) is 6.13. The van der Waals surface area contributed by atoms with E-state index in [2.05, 4.69) is 4.98 Å². The summed E-state index contributed by atoms with van der Waals surface area (Å²) in [5.41, 5.74) is 2.41. The van der Waals surface area contributed by atoms with Crippen LogP contribution in [0.2, 0.25) is 10.0 Å². The van der Waals surface area contributed by atoms with Crippen LogP contribution in [-0.2, 0) is 0 Å². The number of benzene rings is 2. The van der Waals surface area contributed by atoms with Gasteiger partial charge in [-0.15, -0.1) is 0 Å². The molecule has 1 atom stereocenters. The molecule has 20 heavy (non-hydrogen) atoms. The maximum atomic E-state index is 10.4. The zero-order valence-electron chi connectivity index (χ0n) is 10.4. The Bertz CT molecular complexity index is 773. The number of halogens is 2. The highest BCUT2D eigenvalue weighted by molar-refractivity contribution is 6.42. The van der Waals surface area contributed by atoms with Gasteiger partial charge < -0.3 is 5.11 Å². The van der Waals surface area contributed by atoms with E-state index in [1.807, 2.05) is 30.3 Å². The van der Waals surface area contributed by atoms with Crippen LogP contribution >= 0.6 is 23.2 Å². The number of pyridine rings is 1. The molecule has 1 aromatic heterocycles. The van der Waals surface area contributed by atoms with Gasteiger partial charge in [-0.05, 0) is 41.5 Å². The minimum atomic E-state index is -0.741. The average molecular weight is 304 g/mol. The molecule has 0 aliphatic carbocycles. The molecule has 2 nitrogen and oxygen atoms in total. The molecule has 0 saturated heterocycles. The van der Waals surface area contributed by atoms with Crippen molar-refractivity contribution in [2.45, 2.75) is 6.10 Å². The normalized spacial score (nSPS) is 12.6. The van der Waals surface area contributed by atoms with E-state index in [0.717, 1.165) is 16.5 Å². The van der Waals surface area contributed by atoms with E-state index in [1.54, 1.807) is 24.4 Å². The van der Waals surface area contributed by atoms with Crippen molar-refractivity contribution >= 4 is 34.1 Å². The first-order chi connectivity index (χ1) is 9.65. The molecule has 100 valence electrons. The van der Waals surface area contributed by atoms with E-state index < -0.39 is 6.10 Å². The van der Waals surface area contributed by atoms with Crippen molar-refractivity contribution < 1.29 is 5.11 Å². The van der Waals surface area contributed by atoms with Crippen molar-refractivity contribution in [3.05, 3.63) is 75.9 Å². The molecule has 0 radical (unpaired) electrons. The lowest BCUT2D eigenvalue weighted by Crippen LogP contribution is -1.99. The van der Waals surface area contributed by atoms with Gasteiger partial charge in [-0.2, -0.15) is 0 Å². The smallest absolute Gasteiger partial charge is 0.104 e. The summed E-state index contributed by atoms with van der Waals surface area (Å²) in [5.74, 6) is 0. The summed E-state index contributed by atoms with van der Waals surface area (Å²) < 4.78 is 0. The number of hydrogen-bond donors (Lipinski definition) is 1. The van der Waals surface area contributed by atoms with Crippen molar-refractivity contribution in [2.75, 3.05) is 0 Å². The Hall–Kier alpha value is -1.61. The van der Waals surface area contributed by atoms with Gasteiger partial charge >= 0.3 is 0 Å². The van der Waals surface area contributed by atoms with Gasteiger partial charge in [0.15, 0.2) is 0 Å². The summed E-state index contributed by atoms with van der Waals surface area (Å²) in [6.45, 7) is 0. The van der Waals surface area contributed by atoms with Crippen molar-refractivity contribution in [3.8, 4) is 0 Å². The summed E-state index contributed by atoms with van der Waals surface area (Å²) in [6.07, 6.45) is 1.01. The Labute approximate surface area is 126 Å². The molecule has 3 rings (SSSR count). The lowest BCUT2D eigenvalue weighted by atomic mass is 10.00. The van der Waals surface area contributed by atoms with E-state index in [1.165, 1.54) is 0 Å². The average Bonchev–Trinajstić information content (AvgIpc) is 2.49. The molecule has 0 aliphatic heterocycles. The van der Waals surface area contributed by atoms with Crippen LogP contribution in [0, 0.1) is 0 Å². The number of hydrogen-bond acceptors (Lipinski definition) is 2. The first-order valence-corrected chi connectivity index (χ1v) is 6.88. The summed E-state index contributed by atoms with van der Waals surface area (Å²) in [6, 6.07) is 14.7. The van der Waals surface area contributed by atoms with Crippen LogP contribution in [0.5, 0.6) is 0 Å². The Morgan fingerprint density at radius 1 is 0.900 bits per heavy atom. The zero-order valence-corrected chi connectivity index (χ0v) is 11.9. The SMILES string of the molecule is OC(c1ccc(Cl)c(Cl)c1)c1ccc2ncccc2c1. The quantitative estimate of drug-likeness (QED) is 0.749. The van der Waals surface area contributed by atoms with Gasteiger partial charge in [0.05, 0.1) is 15.6 Å². The van der Waals surface area contributed by atoms with Crippen LogP contribution < -0.4 is 0 Å². The third kappa shape index (κ3) is 2.50. The molecule has 0 aliphatic rings. The summed E-state index contributed by atoms with van der Waals surface area (Å²) in [7, 11) is 0. The van der Waals surface area contributed by atoms with Gasteiger partial charge in [-0.3, -0.25) is 4.98 Å². The highest BCUT2D eigenvalue weighted by Gasteiger charge is 2.12. The Balaban J connectivity index is 2.02. The molecule has 0 saturated carbocycles. The van der Waals surface area contributed by atoms with Gasteiger partial charge in [-0.25, -0.2) is 0 Å². The predicted molar refractivity (Wildman–Crippen MR) is 82.3 cm³/mol.